The van der Waals surface area contributed by atoms with E-state index in [1.165, 1.54) is 12.1 Å². The zero-order chi connectivity index (χ0) is 29.2. The van der Waals surface area contributed by atoms with Crippen molar-refractivity contribution in [2.45, 2.75) is 51.0 Å². The average molecular weight is 572 g/mol. The Kier molecular flexibility index (Phi) is 11.1. The third-order valence-electron chi connectivity index (χ3n) is 7.92. The van der Waals surface area contributed by atoms with Gasteiger partial charge >= 0.3 is 5.97 Å². The molecule has 0 saturated carbocycles. The van der Waals surface area contributed by atoms with E-state index in [1.54, 1.807) is 35.2 Å². The van der Waals surface area contributed by atoms with E-state index in [-0.39, 0.29) is 18.4 Å². The second kappa shape index (κ2) is 14.9. The highest BCUT2D eigenvalue weighted by molar-refractivity contribution is 5.82. The summed E-state index contributed by atoms with van der Waals surface area (Å²) < 4.78 is 32.4. The first-order chi connectivity index (χ1) is 19.8. The largest absolute Gasteiger partial charge is 0.491 e. The van der Waals surface area contributed by atoms with Crippen molar-refractivity contribution in [3.05, 3.63) is 53.8 Å². The predicted molar refractivity (Wildman–Crippen MR) is 151 cm³/mol. The summed E-state index contributed by atoms with van der Waals surface area (Å²) >= 11 is 0. The van der Waals surface area contributed by atoms with Crippen molar-refractivity contribution in [1.29, 1.82) is 0 Å². The maximum atomic E-state index is 14.7. The van der Waals surface area contributed by atoms with E-state index in [1.807, 2.05) is 0 Å². The lowest BCUT2D eigenvalue weighted by molar-refractivity contribution is -0.138. The first-order valence-corrected chi connectivity index (χ1v) is 14.4. The third kappa shape index (κ3) is 8.98. The maximum absolute atomic E-state index is 14.7. The fourth-order valence-corrected chi connectivity index (χ4v) is 5.67. The fourth-order valence-electron chi connectivity index (χ4n) is 5.67. The molecule has 0 spiro atoms. The van der Waals surface area contributed by atoms with Crippen LogP contribution in [0.25, 0.3) is 11.1 Å². The number of carbonyl (C=O) groups is 3. The Morgan fingerprint density at radius 2 is 1.83 bits per heavy atom. The van der Waals surface area contributed by atoms with Crippen molar-refractivity contribution in [2.24, 2.45) is 11.8 Å². The van der Waals surface area contributed by atoms with Gasteiger partial charge in [0, 0.05) is 19.5 Å². The van der Waals surface area contributed by atoms with Crippen LogP contribution in [0.3, 0.4) is 0 Å². The normalized spacial score (nSPS) is 18.5. The number of carboxylic acid groups (broad SMARTS) is 1. The van der Waals surface area contributed by atoms with Crippen LogP contribution in [0, 0.1) is 17.7 Å². The van der Waals surface area contributed by atoms with E-state index < -0.39 is 36.8 Å². The van der Waals surface area contributed by atoms with Crippen LogP contribution in [0.5, 0.6) is 5.75 Å². The number of carboxylic acids is 1. The van der Waals surface area contributed by atoms with Crippen molar-refractivity contribution in [3.8, 4) is 16.9 Å². The van der Waals surface area contributed by atoms with Crippen molar-refractivity contribution in [1.82, 2.24) is 15.5 Å². The van der Waals surface area contributed by atoms with Crippen LogP contribution >= 0.6 is 0 Å². The average Bonchev–Trinajstić information content (AvgIpc) is 2.98. The van der Waals surface area contributed by atoms with Crippen LogP contribution in [0.15, 0.2) is 42.5 Å². The van der Waals surface area contributed by atoms with E-state index >= 15 is 0 Å². The van der Waals surface area contributed by atoms with E-state index in [2.05, 4.69) is 10.6 Å². The number of halogens is 2. The third-order valence-corrected chi connectivity index (χ3v) is 7.92. The summed E-state index contributed by atoms with van der Waals surface area (Å²) in [5.41, 5.74) is 1.49. The fraction of sp³-hybridized carbons (Fsp3) is 0.516. The molecule has 222 valence electrons. The molecule has 8 nitrogen and oxygen atoms in total. The Hall–Kier alpha value is -3.53. The number of nitrogens with zero attached hydrogens (tertiary/aromatic N) is 1. The van der Waals surface area contributed by atoms with Gasteiger partial charge in [-0.1, -0.05) is 12.1 Å². The monoisotopic (exact) mass is 571 g/mol. The van der Waals surface area contributed by atoms with Crippen LogP contribution in [-0.4, -0.2) is 67.3 Å². The molecule has 2 aromatic carbocycles. The molecule has 4 rings (SSSR count). The first kappa shape index (κ1) is 30.4. The van der Waals surface area contributed by atoms with Gasteiger partial charge in [-0.2, -0.15) is 0 Å². The highest BCUT2D eigenvalue weighted by Gasteiger charge is 2.31. The number of likely N-dealkylation sites (tertiary alicyclic amines) is 1. The van der Waals surface area contributed by atoms with Crippen LogP contribution in [-0.2, 0) is 14.4 Å². The topological polar surface area (TPSA) is 108 Å². The van der Waals surface area contributed by atoms with Gasteiger partial charge in [0.1, 0.15) is 24.8 Å². The van der Waals surface area contributed by atoms with Crippen LogP contribution in [0.4, 0.5) is 8.78 Å². The smallest absolute Gasteiger partial charge is 0.305 e. The van der Waals surface area contributed by atoms with E-state index in [9.17, 15) is 28.3 Å². The van der Waals surface area contributed by atoms with E-state index in [4.69, 9.17) is 4.74 Å². The lowest BCUT2D eigenvalue weighted by Gasteiger charge is -2.33. The lowest BCUT2D eigenvalue weighted by atomic mass is 9.92. The number of benzene rings is 2. The van der Waals surface area contributed by atoms with Gasteiger partial charge in [0.25, 0.3) is 0 Å². The number of hydrogen-bond acceptors (Lipinski definition) is 5. The van der Waals surface area contributed by atoms with Gasteiger partial charge in [-0.25, -0.2) is 8.78 Å². The molecule has 1 unspecified atom stereocenters. The zero-order valence-corrected chi connectivity index (χ0v) is 23.2. The van der Waals surface area contributed by atoms with Gasteiger partial charge in [-0.15, -0.1) is 0 Å². The summed E-state index contributed by atoms with van der Waals surface area (Å²) in [6.07, 6.45) is 4.33. The molecule has 2 aliphatic heterocycles. The number of aliphatic carboxylic acids is 1. The lowest BCUT2D eigenvalue weighted by Crippen LogP contribution is -2.46. The number of rotatable bonds is 12. The summed E-state index contributed by atoms with van der Waals surface area (Å²) in [5.74, 6) is -1.43. The minimum Gasteiger partial charge on any atom is -0.491 e. The van der Waals surface area contributed by atoms with Crippen LogP contribution in [0.2, 0.25) is 0 Å². The summed E-state index contributed by atoms with van der Waals surface area (Å²) in [6, 6.07) is 9.97. The molecule has 2 saturated heterocycles. The Labute approximate surface area is 239 Å². The molecule has 2 aromatic rings. The Balaban J connectivity index is 1.42. The van der Waals surface area contributed by atoms with Crippen LogP contribution < -0.4 is 15.4 Å². The molecule has 41 heavy (non-hydrogen) atoms. The minimum atomic E-state index is -1.13. The molecular weight excluding hydrogens is 532 g/mol. The molecule has 2 atom stereocenters. The highest BCUT2D eigenvalue weighted by atomic mass is 19.1. The Morgan fingerprint density at radius 3 is 2.54 bits per heavy atom. The maximum Gasteiger partial charge on any atom is 0.305 e. The molecule has 2 aliphatic rings. The quantitative estimate of drug-likeness (QED) is 0.347. The highest BCUT2D eigenvalue weighted by Crippen LogP contribution is 2.29. The SMILES string of the molecule is O=C(O)CC(NC(=O)[C@@H]1CCCN(C(=O)CCC2CCNCC2)C1)c1cc(F)cc(-c2ccc(OCCF)cc2)c1. The first-order valence-electron chi connectivity index (χ1n) is 14.4. The minimum absolute atomic E-state index is 0.0546. The molecule has 3 N–H and O–H groups in total. The van der Waals surface area contributed by atoms with Crippen LogP contribution in [0.1, 0.15) is 56.6 Å². The number of amides is 2. The van der Waals surface area contributed by atoms with Crippen molar-refractivity contribution in [2.75, 3.05) is 39.5 Å². The van der Waals surface area contributed by atoms with Crippen molar-refractivity contribution >= 4 is 17.8 Å². The van der Waals surface area contributed by atoms with E-state index in [0.29, 0.717) is 60.7 Å². The number of nitrogens with one attached hydrogen (secondary N) is 2. The molecular formula is C31H39F2N3O5. The van der Waals surface area contributed by atoms with Crippen molar-refractivity contribution in [3.63, 3.8) is 0 Å². The number of alkyl halides is 1. The van der Waals surface area contributed by atoms with Gasteiger partial charge in [0.2, 0.25) is 11.8 Å². The number of carbonyl (C=O) groups excluding carboxylic acids is 2. The summed E-state index contributed by atoms with van der Waals surface area (Å²) in [5, 5.41) is 15.7. The molecule has 2 amide bonds. The summed E-state index contributed by atoms with van der Waals surface area (Å²) in [4.78, 5) is 39.7. The van der Waals surface area contributed by atoms with Gasteiger partial charge < -0.3 is 25.4 Å². The zero-order valence-electron chi connectivity index (χ0n) is 23.2. The Morgan fingerprint density at radius 1 is 1.07 bits per heavy atom. The van der Waals surface area contributed by atoms with Gasteiger partial charge in [0.15, 0.2) is 0 Å². The molecule has 2 fully saturated rings. The van der Waals surface area contributed by atoms with Crippen molar-refractivity contribution < 1.29 is 33.0 Å². The molecule has 0 bridgehead atoms. The predicted octanol–water partition coefficient (Wildman–Crippen LogP) is 4.49. The number of piperidine rings is 2. The molecule has 0 radical (unpaired) electrons. The second-order valence-electron chi connectivity index (χ2n) is 10.9. The van der Waals surface area contributed by atoms with E-state index in [0.717, 1.165) is 32.4 Å². The second-order valence-corrected chi connectivity index (χ2v) is 10.9. The number of ether oxygens (including phenoxy) is 1. The molecule has 0 aromatic heterocycles. The van der Waals surface area contributed by atoms with Gasteiger partial charge in [-0.05, 0) is 98.1 Å². The summed E-state index contributed by atoms with van der Waals surface area (Å²) in [7, 11) is 0. The molecule has 10 heteroatoms. The number of hydrogen-bond donors (Lipinski definition) is 3. The molecule has 0 aliphatic carbocycles. The van der Waals surface area contributed by atoms with Gasteiger partial charge in [-0.3, -0.25) is 14.4 Å². The Bertz CT molecular complexity index is 1190. The molecule has 2 heterocycles. The standard InChI is InChI=1S/C31H39F2N3O5/c32-11-15-41-27-6-4-22(5-7-27)24-16-25(18-26(33)17-24)28(19-30(38)39)35-31(40)23-2-1-14-36(20-23)29(37)8-3-21-9-12-34-13-10-21/h4-7,16-18,21,23,28,34H,1-3,8-15,19-20H2,(H,35,40)(H,38,39)/t23-,28?/m1/s1. The van der Waals surface area contributed by atoms with Gasteiger partial charge in [0.05, 0.1) is 18.4 Å². The summed E-state index contributed by atoms with van der Waals surface area (Å²) in [6.45, 7) is 2.20.